The van der Waals surface area contributed by atoms with Crippen molar-refractivity contribution in [1.29, 1.82) is 0 Å². The van der Waals surface area contributed by atoms with Crippen LogP contribution in [0.1, 0.15) is 12.1 Å². The largest absolute Gasteiger partial charge is 0.353 e. The summed E-state index contributed by atoms with van der Waals surface area (Å²) < 4.78 is 13.8. The van der Waals surface area contributed by atoms with E-state index in [1.54, 1.807) is 12.1 Å². The molecule has 6 heteroatoms. The van der Waals surface area contributed by atoms with Gasteiger partial charge >= 0.3 is 0 Å². The van der Waals surface area contributed by atoms with E-state index in [4.69, 9.17) is 0 Å². The molecule has 0 amide bonds. The number of benzene rings is 2. The van der Waals surface area contributed by atoms with Gasteiger partial charge in [0.15, 0.2) is 0 Å². The summed E-state index contributed by atoms with van der Waals surface area (Å²) in [6.07, 6.45) is 5.02. The number of pyridine rings is 1. The number of aromatic nitrogens is 4. The summed E-state index contributed by atoms with van der Waals surface area (Å²) in [4.78, 5) is 8.12. The average Bonchev–Trinajstić information content (AvgIpc) is 3.43. The van der Waals surface area contributed by atoms with E-state index in [0.29, 0.717) is 0 Å². The Morgan fingerprint density at radius 3 is 2.74 bits per heavy atom. The highest BCUT2D eigenvalue weighted by molar-refractivity contribution is 6.01. The number of halogens is 1. The number of aromatic amines is 2. The second-order valence-electron chi connectivity index (χ2n) is 7.83. The van der Waals surface area contributed by atoms with Crippen molar-refractivity contribution in [3.8, 4) is 22.5 Å². The van der Waals surface area contributed by atoms with E-state index in [1.165, 1.54) is 11.6 Å². The first-order valence-electron chi connectivity index (χ1n) is 10.4. The van der Waals surface area contributed by atoms with Crippen molar-refractivity contribution in [2.45, 2.75) is 6.42 Å². The number of H-pyrrole nitrogens is 2. The maximum Gasteiger partial charge on any atom is 0.123 e. The maximum atomic E-state index is 13.8. The van der Waals surface area contributed by atoms with Crippen LogP contribution in [0, 0.1) is 5.82 Å². The van der Waals surface area contributed by atoms with Crippen molar-refractivity contribution in [2.75, 3.05) is 13.1 Å². The Hall–Kier alpha value is -3.77. The molecule has 152 valence electrons. The Bertz CT molecular complexity index is 1460. The molecule has 5 nitrogen and oxygen atoms in total. The molecule has 2 aromatic carbocycles. The molecule has 0 spiro atoms. The van der Waals surface area contributed by atoms with Crippen molar-refractivity contribution in [3.05, 3.63) is 78.4 Å². The Morgan fingerprint density at radius 1 is 0.935 bits per heavy atom. The molecule has 0 saturated heterocycles. The molecule has 0 fully saturated rings. The molecule has 0 bridgehead atoms. The lowest BCUT2D eigenvalue weighted by atomic mass is 10.0. The third-order valence-corrected chi connectivity index (χ3v) is 5.90. The van der Waals surface area contributed by atoms with Crippen molar-refractivity contribution >= 4 is 27.4 Å². The zero-order valence-corrected chi connectivity index (χ0v) is 16.7. The van der Waals surface area contributed by atoms with Crippen LogP contribution in [-0.2, 0) is 0 Å². The summed E-state index contributed by atoms with van der Waals surface area (Å²) in [5, 5.41) is 13.1. The topological polar surface area (TPSA) is 69.4 Å². The zero-order chi connectivity index (χ0) is 20.8. The fraction of sp³-hybridized carbons (Fsp3) is 0.120. The van der Waals surface area contributed by atoms with Gasteiger partial charge in [0, 0.05) is 22.8 Å². The predicted molar refractivity (Wildman–Crippen MR) is 122 cm³/mol. The zero-order valence-electron chi connectivity index (χ0n) is 16.7. The third-order valence-electron chi connectivity index (χ3n) is 5.90. The van der Waals surface area contributed by atoms with Crippen molar-refractivity contribution in [3.63, 3.8) is 0 Å². The first-order chi connectivity index (χ1) is 15.3. The van der Waals surface area contributed by atoms with Gasteiger partial charge in [-0.2, -0.15) is 5.10 Å². The SMILES string of the molecule is Fc1cccc(-c2cccc3[nH]c(-c4n[nH]c5cnc(C6=CCNCC6)cc45)cc23)c1. The standard InChI is InChI=1S/C25H20FN5/c26-17-4-1-3-16(11-17)18-5-2-6-21-19(18)12-23(29-21)25-20-13-22(15-7-9-27-10-8-15)28-14-24(20)30-31-25/h1-7,11-14,27,29H,8-10H2,(H,30,31). The normalized spacial score (nSPS) is 14.3. The molecule has 3 aromatic heterocycles. The van der Waals surface area contributed by atoms with Crippen molar-refractivity contribution in [1.82, 2.24) is 25.5 Å². The molecule has 0 unspecified atom stereocenters. The van der Waals surface area contributed by atoms with E-state index in [-0.39, 0.29) is 5.82 Å². The second-order valence-corrected chi connectivity index (χ2v) is 7.83. The van der Waals surface area contributed by atoms with Gasteiger partial charge in [-0.1, -0.05) is 30.3 Å². The smallest absolute Gasteiger partial charge is 0.123 e. The fourth-order valence-corrected chi connectivity index (χ4v) is 4.34. The van der Waals surface area contributed by atoms with Crippen LogP contribution in [0.5, 0.6) is 0 Å². The lowest BCUT2D eigenvalue weighted by molar-refractivity contribution is 0.628. The van der Waals surface area contributed by atoms with Gasteiger partial charge in [0.25, 0.3) is 0 Å². The van der Waals surface area contributed by atoms with Gasteiger partial charge in [-0.15, -0.1) is 0 Å². The Labute approximate surface area is 178 Å². The van der Waals surface area contributed by atoms with E-state index in [2.05, 4.69) is 43.7 Å². The van der Waals surface area contributed by atoms with Gasteiger partial charge in [0.1, 0.15) is 11.5 Å². The number of fused-ring (bicyclic) bond motifs is 2. The highest BCUT2D eigenvalue weighted by Crippen LogP contribution is 2.34. The predicted octanol–water partition coefficient (Wildman–Crippen LogP) is 5.29. The molecule has 1 aliphatic rings. The molecular formula is C25H20FN5. The van der Waals surface area contributed by atoms with E-state index >= 15 is 0 Å². The van der Waals surface area contributed by atoms with E-state index in [9.17, 15) is 4.39 Å². The Kier molecular flexibility index (Phi) is 4.18. The number of hydrogen-bond donors (Lipinski definition) is 3. The average molecular weight is 409 g/mol. The summed E-state index contributed by atoms with van der Waals surface area (Å²) in [7, 11) is 0. The summed E-state index contributed by atoms with van der Waals surface area (Å²) in [5.74, 6) is -0.240. The minimum absolute atomic E-state index is 0.240. The molecule has 0 atom stereocenters. The van der Waals surface area contributed by atoms with Crippen LogP contribution in [0.15, 0.2) is 66.9 Å². The summed E-state index contributed by atoms with van der Waals surface area (Å²) >= 11 is 0. The van der Waals surface area contributed by atoms with Gasteiger partial charge in [-0.3, -0.25) is 10.1 Å². The molecule has 6 rings (SSSR count). The first-order valence-corrected chi connectivity index (χ1v) is 10.4. The molecular weight excluding hydrogens is 389 g/mol. The molecule has 0 saturated carbocycles. The van der Waals surface area contributed by atoms with Crippen molar-refractivity contribution < 1.29 is 4.39 Å². The lowest BCUT2D eigenvalue weighted by Gasteiger charge is -2.13. The summed E-state index contributed by atoms with van der Waals surface area (Å²) in [6.45, 7) is 1.84. The van der Waals surface area contributed by atoms with E-state index < -0.39 is 0 Å². The summed E-state index contributed by atoms with van der Waals surface area (Å²) in [6, 6.07) is 16.9. The van der Waals surface area contributed by atoms with Crippen LogP contribution in [0.2, 0.25) is 0 Å². The van der Waals surface area contributed by atoms with Gasteiger partial charge in [-0.05, 0) is 60.0 Å². The molecule has 5 aromatic rings. The van der Waals surface area contributed by atoms with Gasteiger partial charge in [0.05, 0.1) is 23.1 Å². The van der Waals surface area contributed by atoms with Gasteiger partial charge in [0.2, 0.25) is 0 Å². The minimum atomic E-state index is -0.240. The molecule has 4 heterocycles. The maximum absolute atomic E-state index is 13.8. The highest BCUT2D eigenvalue weighted by Gasteiger charge is 2.16. The van der Waals surface area contributed by atoms with Crippen LogP contribution in [0.3, 0.4) is 0 Å². The Morgan fingerprint density at radius 2 is 1.87 bits per heavy atom. The highest BCUT2D eigenvalue weighted by atomic mass is 19.1. The third kappa shape index (κ3) is 3.12. The van der Waals surface area contributed by atoms with Crippen LogP contribution in [0.25, 0.3) is 49.9 Å². The molecule has 0 radical (unpaired) electrons. The lowest BCUT2D eigenvalue weighted by Crippen LogP contribution is -2.20. The number of nitrogens with zero attached hydrogens (tertiary/aromatic N) is 2. The minimum Gasteiger partial charge on any atom is -0.353 e. The number of nitrogens with one attached hydrogen (secondary N) is 3. The monoisotopic (exact) mass is 409 g/mol. The van der Waals surface area contributed by atoms with Crippen LogP contribution < -0.4 is 5.32 Å². The quantitative estimate of drug-likeness (QED) is 0.379. The molecule has 31 heavy (non-hydrogen) atoms. The molecule has 0 aliphatic carbocycles. The van der Waals surface area contributed by atoms with E-state index in [1.807, 2.05) is 30.5 Å². The molecule has 1 aliphatic heterocycles. The fourth-order valence-electron chi connectivity index (χ4n) is 4.34. The van der Waals surface area contributed by atoms with Crippen LogP contribution >= 0.6 is 0 Å². The van der Waals surface area contributed by atoms with Crippen molar-refractivity contribution in [2.24, 2.45) is 0 Å². The van der Waals surface area contributed by atoms with Crippen LogP contribution in [0.4, 0.5) is 4.39 Å². The first kappa shape index (κ1) is 18.0. The summed E-state index contributed by atoms with van der Waals surface area (Å²) in [5.41, 5.74) is 7.76. The number of hydrogen-bond acceptors (Lipinski definition) is 3. The second kappa shape index (κ2) is 7.18. The van der Waals surface area contributed by atoms with Gasteiger partial charge < -0.3 is 10.3 Å². The molecule has 3 N–H and O–H groups in total. The number of rotatable bonds is 3. The Balaban J connectivity index is 1.49. The van der Waals surface area contributed by atoms with Gasteiger partial charge in [-0.25, -0.2) is 4.39 Å². The van der Waals surface area contributed by atoms with E-state index in [0.717, 1.165) is 69.5 Å². The van der Waals surface area contributed by atoms with Crippen LogP contribution in [-0.4, -0.2) is 33.3 Å².